The maximum Gasteiger partial charge on any atom is 0.244 e. The summed E-state index contributed by atoms with van der Waals surface area (Å²) < 4.78 is 28.7. The van der Waals surface area contributed by atoms with Gasteiger partial charge in [-0.25, -0.2) is 18.1 Å². The average Bonchev–Trinajstić information content (AvgIpc) is 3.08. The summed E-state index contributed by atoms with van der Waals surface area (Å²) in [5, 5.41) is 12.4. The first-order chi connectivity index (χ1) is 12.5. The van der Waals surface area contributed by atoms with Crippen molar-refractivity contribution in [2.24, 2.45) is 0 Å². The molecule has 26 heavy (non-hydrogen) atoms. The Bertz CT molecular complexity index is 815. The minimum Gasteiger partial charge on any atom is -0.304 e. The molecule has 11 heteroatoms. The predicted molar refractivity (Wildman–Crippen MR) is 98.2 cm³/mol. The predicted octanol–water partition coefficient (Wildman–Crippen LogP) is 0.706. The second kappa shape index (κ2) is 8.42. The minimum atomic E-state index is -3.48. The van der Waals surface area contributed by atoms with Gasteiger partial charge in [0.25, 0.3) is 0 Å². The van der Waals surface area contributed by atoms with Gasteiger partial charge in [0.1, 0.15) is 4.90 Å². The van der Waals surface area contributed by atoms with Crippen molar-refractivity contribution in [1.82, 2.24) is 34.4 Å². The standard InChI is InChI=1S/C15H23N7O2S2/c1-3-6-22-14(17-18-19-22)12-25-15-5-4-13(11-16-15)26(23,24)21-9-7-20(2)8-10-21/h4-5,11H,3,6-10,12H2,1-2H3. The third-order valence-corrected chi connectivity index (χ3v) is 7.02. The van der Waals surface area contributed by atoms with Gasteiger partial charge in [-0.05, 0) is 36.0 Å². The van der Waals surface area contributed by atoms with Crippen molar-refractivity contribution in [3.8, 4) is 0 Å². The summed E-state index contributed by atoms with van der Waals surface area (Å²) in [5.41, 5.74) is 0. The Morgan fingerprint density at radius 1 is 1.19 bits per heavy atom. The van der Waals surface area contributed by atoms with E-state index in [9.17, 15) is 8.42 Å². The molecule has 0 unspecified atom stereocenters. The molecule has 0 saturated carbocycles. The number of hydrogen-bond donors (Lipinski definition) is 0. The molecule has 1 aliphatic rings. The highest BCUT2D eigenvalue weighted by Crippen LogP contribution is 2.22. The number of pyridine rings is 1. The van der Waals surface area contributed by atoms with Crippen LogP contribution in [-0.2, 0) is 22.3 Å². The molecular formula is C15H23N7O2S2. The molecule has 0 aliphatic carbocycles. The van der Waals surface area contributed by atoms with E-state index >= 15 is 0 Å². The number of rotatable bonds is 7. The van der Waals surface area contributed by atoms with Crippen LogP contribution in [-0.4, -0.2) is 76.0 Å². The van der Waals surface area contributed by atoms with Crippen LogP contribution >= 0.6 is 11.8 Å². The van der Waals surface area contributed by atoms with Gasteiger partial charge in [0.05, 0.1) is 10.8 Å². The Hall–Kier alpha value is -1.56. The van der Waals surface area contributed by atoms with E-state index in [1.807, 2.05) is 7.05 Å². The first-order valence-corrected chi connectivity index (χ1v) is 11.0. The van der Waals surface area contributed by atoms with Crippen LogP contribution in [0.2, 0.25) is 0 Å². The number of thioether (sulfide) groups is 1. The zero-order valence-corrected chi connectivity index (χ0v) is 16.6. The van der Waals surface area contributed by atoms with Crippen LogP contribution in [0.25, 0.3) is 0 Å². The lowest BCUT2D eigenvalue weighted by Crippen LogP contribution is -2.47. The zero-order chi connectivity index (χ0) is 18.6. The molecule has 0 aromatic carbocycles. The number of aryl methyl sites for hydroxylation is 1. The number of tetrazole rings is 1. The zero-order valence-electron chi connectivity index (χ0n) is 14.9. The topological polar surface area (TPSA) is 97.1 Å². The summed E-state index contributed by atoms with van der Waals surface area (Å²) in [5.74, 6) is 1.37. The van der Waals surface area contributed by atoms with Gasteiger partial charge < -0.3 is 4.90 Å². The van der Waals surface area contributed by atoms with Gasteiger partial charge in [0.2, 0.25) is 10.0 Å². The first kappa shape index (κ1) is 19.2. The fourth-order valence-electron chi connectivity index (χ4n) is 2.63. The Kier molecular flexibility index (Phi) is 6.22. The summed E-state index contributed by atoms with van der Waals surface area (Å²) >= 11 is 1.48. The molecule has 0 N–H and O–H groups in total. The van der Waals surface area contributed by atoms with Crippen molar-refractivity contribution in [1.29, 1.82) is 0 Å². The van der Waals surface area contributed by atoms with Crippen molar-refractivity contribution in [3.63, 3.8) is 0 Å². The maximum atomic E-state index is 12.7. The van der Waals surface area contributed by atoms with Crippen LogP contribution in [0.15, 0.2) is 28.3 Å². The lowest BCUT2D eigenvalue weighted by molar-refractivity contribution is 0.222. The van der Waals surface area contributed by atoms with Gasteiger partial charge in [-0.15, -0.1) is 5.10 Å². The van der Waals surface area contributed by atoms with E-state index in [0.29, 0.717) is 18.8 Å². The lowest BCUT2D eigenvalue weighted by atomic mass is 10.4. The molecular weight excluding hydrogens is 374 g/mol. The Morgan fingerprint density at radius 2 is 1.96 bits per heavy atom. The molecule has 1 aliphatic heterocycles. The van der Waals surface area contributed by atoms with Crippen LogP contribution in [0.3, 0.4) is 0 Å². The van der Waals surface area contributed by atoms with Crippen LogP contribution in [0.5, 0.6) is 0 Å². The molecule has 3 rings (SSSR count). The van der Waals surface area contributed by atoms with Gasteiger partial charge in [0.15, 0.2) is 5.82 Å². The van der Waals surface area contributed by atoms with Crippen molar-refractivity contribution in [2.75, 3.05) is 33.2 Å². The molecule has 2 aromatic rings. The van der Waals surface area contributed by atoms with Crippen molar-refractivity contribution in [2.45, 2.75) is 35.6 Å². The second-order valence-corrected chi connectivity index (χ2v) is 9.08. The van der Waals surface area contributed by atoms with Crippen LogP contribution in [0.4, 0.5) is 0 Å². The van der Waals surface area contributed by atoms with Gasteiger partial charge in [-0.1, -0.05) is 18.7 Å². The number of likely N-dealkylation sites (N-methyl/N-ethyl adjacent to an activating group) is 1. The molecule has 0 radical (unpaired) electrons. The number of aromatic nitrogens is 5. The van der Waals surface area contributed by atoms with Crippen molar-refractivity contribution in [3.05, 3.63) is 24.2 Å². The highest BCUT2D eigenvalue weighted by Gasteiger charge is 2.27. The van der Waals surface area contributed by atoms with Crippen LogP contribution in [0.1, 0.15) is 19.2 Å². The van der Waals surface area contributed by atoms with Gasteiger partial charge in [-0.3, -0.25) is 0 Å². The second-order valence-electron chi connectivity index (χ2n) is 6.15. The molecule has 1 saturated heterocycles. The molecule has 1 fully saturated rings. The minimum absolute atomic E-state index is 0.238. The van der Waals surface area contributed by atoms with Crippen LogP contribution in [0, 0.1) is 0 Å². The maximum absolute atomic E-state index is 12.7. The van der Waals surface area contributed by atoms with Gasteiger partial charge in [-0.2, -0.15) is 4.31 Å². The third kappa shape index (κ3) is 4.40. The molecule has 9 nitrogen and oxygen atoms in total. The summed E-state index contributed by atoms with van der Waals surface area (Å²) in [6, 6.07) is 3.36. The molecule has 2 aromatic heterocycles. The molecule has 0 amide bonds. The van der Waals surface area contributed by atoms with E-state index in [2.05, 4.69) is 32.3 Å². The monoisotopic (exact) mass is 397 g/mol. The van der Waals surface area contributed by atoms with Crippen molar-refractivity contribution < 1.29 is 8.42 Å². The molecule has 0 atom stereocenters. The normalized spacial score (nSPS) is 16.8. The Labute approximate surface area is 157 Å². The average molecular weight is 398 g/mol. The quantitative estimate of drug-likeness (QED) is 0.630. The molecule has 142 valence electrons. The number of nitrogens with zero attached hydrogens (tertiary/aromatic N) is 7. The summed E-state index contributed by atoms with van der Waals surface area (Å²) in [6.07, 6.45) is 2.39. The highest BCUT2D eigenvalue weighted by atomic mass is 32.2. The largest absolute Gasteiger partial charge is 0.304 e. The smallest absolute Gasteiger partial charge is 0.244 e. The van der Waals surface area contributed by atoms with E-state index in [1.165, 1.54) is 22.3 Å². The number of hydrogen-bond acceptors (Lipinski definition) is 8. The summed E-state index contributed by atoms with van der Waals surface area (Å²) in [6.45, 7) is 5.35. The van der Waals surface area contributed by atoms with E-state index in [0.717, 1.165) is 36.9 Å². The highest BCUT2D eigenvalue weighted by molar-refractivity contribution is 7.98. The number of sulfonamides is 1. The van der Waals surface area contributed by atoms with Gasteiger partial charge >= 0.3 is 0 Å². The van der Waals surface area contributed by atoms with E-state index in [1.54, 1.807) is 16.8 Å². The van der Waals surface area contributed by atoms with Gasteiger partial charge in [0, 0.05) is 38.9 Å². The first-order valence-electron chi connectivity index (χ1n) is 8.53. The Balaban J connectivity index is 1.63. The number of piperazine rings is 1. The van der Waals surface area contributed by atoms with Crippen LogP contribution < -0.4 is 0 Å². The Morgan fingerprint density at radius 3 is 2.62 bits per heavy atom. The third-order valence-electron chi connectivity index (χ3n) is 4.20. The fourth-order valence-corrected chi connectivity index (χ4v) is 4.78. The summed E-state index contributed by atoms with van der Waals surface area (Å²) in [7, 11) is -1.48. The van der Waals surface area contributed by atoms with E-state index < -0.39 is 10.0 Å². The molecule has 3 heterocycles. The fraction of sp³-hybridized carbons (Fsp3) is 0.600. The van der Waals surface area contributed by atoms with Crippen molar-refractivity contribution >= 4 is 21.8 Å². The van der Waals surface area contributed by atoms with E-state index in [4.69, 9.17) is 0 Å². The lowest BCUT2D eigenvalue weighted by Gasteiger charge is -2.31. The molecule has 0 spiro atoms. The summed E-state index contributed by atoms with van der Waals surface area (Å²) in [4.78, 5) is 6.66. The molecule has 0 bridgehead atoms. The SMILES string of the molecule is CCCn1nnnc1CSc1ccc(S(=O)(=O)N2CCN(C)CC2)cn1. The van der Waals surface area contributed by atoms with E-state index in [-0.39, 0.29) is 4.90 Å².